The zero-order valence-corrected chi connectivity index (χ0v) is 18.1. The van der Waals surface area contributed by atoms with Crippen molar-refractivity contribution in [3.63, 3.8) is 0 Å². The third kappa shape index (κ3) is 4.88. The molecule has 2 heterocycles. The zero-order valence-electron chi connectivity index (χ0n) is 18.1. The van der Waals surface area contributed by atoms with E-state index in [1.807, 2.05) is 27.0 Å². The lowest BCUT2D eigenvalue weighted by Gasteiger charge is -2.38. The molecule has 4 rings (SSSR count). The summed E-state index contributed by atoms with van der Waals surface area (Å²) in [5.41, 5.74) is 0.252. The largest absolute Gasteiger partial charge is 0.444 e. The second-order valence-electron chi connectivity index (χ2n) is 9.39. The summed E-state index contributed by atoms with van der Waals surface area (Å²) in [6, 6.07) is 5.10. The summed E-state index contributed by atoms with van der Waals surface area (Å²) in [5, 5.41) is 0. The van der Waals surface area contributed by atoms with Crippen molar-refractivity contribution in [2.75, 3.05) is 6.54 Å². The van der Waals surface area contributed by atoms with Crippen LogP contribution in [0.1, 0.15) is 74.6 Å². The Morgan fingerprint density at radius 1 is 1.19 bits per heavy atom. The SMILES string of the molecule is CC(C)(C)OC(=O)N1CCn2c(cnc2C2CC2)C1CCc1cccc(C(F)(F)F)c1. The summed E-state index contributed by atoms with van der Waals surface area (Å²) in [6.07, 6.45) is 0.209. The van der Waals surface area contributed by atoms with Gasteiger partial charge in [-0.25, -0.2) is 9.78 Å². The fraction of sp³-hybridized carbons (Fsp3) is 0.565. The minimum Gasteiger partial charge on any atom is -0.444 e. The number of carbonyl (C=O) groups excluding carboxylic acids is 1. The summed E-state index contributed by atoms with van der Waals surface area (Å²) < 4.78 is 47.1. The third-order valence-corrected chi connectivity index (χ3v) is 5.73. The monoisotopic (exact) mass is 435 g/mol. The number of hydrogen-bond donors (Lipinski definition) is 0. The van der Waals surface area contributed by atoms with Gasteiger partial charge in [-0.1, -0.05) is 18.2 Å². The molecule has 1 aromatic carbocycles. The zero-order chi connectivity index (χ0) is 22.4. The third-order valence-electron chi connectivity index (χ3n) is 5.73. The van der Waals surface area contributed by atoms with Crippen molar-refractivity contribution in [3.05, 3.63) is 53.1 Å². The van der Waals surface area contributed by atoms with Gasteiger partial charge in [-0.2, -0.15) is 13.2 Å². The topological polar surface area (TPSA) is 47.4 Å². The molecule has 1 unspecified atom stereocenters. The summed E-state index contributed by atoms with van der Waals surface area (Å²) in [7, 11) is 0. The minimum absolute atomic E-state index is 0.293. The van der Waals surface area contributed by atoms with Crippen LogP contribution in [0.3, 0.4) is 0 Å². The van der Waals surface area contributed by atoms with E-state index < -0.39 is 23.4 Å². The Balaban J connectivity index is 1.59. The molecule has 1 aliphatic heterocycles. The molecule has 31 heavy (non-hydrogen) atoms. The van der Waals surface area contributed by atoms with Crippen LogP contribution in [-0.2, 0) is 23.9 Å². The maximum absolute atomic E-state index is 13.1. The Bertz CT molecular complexity index is 958. The number of hydrogen-bond acceptors (Lipinski definition) is 3. The van der Waals surface area contributed by atoms with Gasteiger partial charge in [0.05, 0.1) is 23.5 Å². The maximum Gasteiger partial charge on any atom is 0.416 e. The number of nitrogens with zero attached hydrogens (tertiary/aromatic N) is 3. The second-order valence-corrected chi connectivity index (χ2v) is 9.39. The highest BCUT2D eigenvalue weighted by atomic mass is 19.4. The molecule has 8 heteroatoms. The van der Waals surface area contributed by atoms with E-state index in [0.717, 1.165) is 30.4 Å². The van der Waals surface area contributed by atoms with Crippen LogP contribution < -0.4 is 0 Å². The average molecular weight is 435 g/mol. The van der Waals surface area contributed by atoms with Crippen LogP contribution in [0.15, 0.2) is 30.5 Å². The van der Waals surface area contributed by atoms with Crippen LogP contribution in [-0.4, -0.2) is 32.7 Å². The lowest BCUT2D eigenvalue weighted by molar-refractivity contribution is -0.137. The molecule has 1 amide bonds. The number of halogens is 3. The number of imidazole rings is 1. The first-order chi connectivity index (χ1) is 14.5. The number of aromatic nitrogens is 2. The van der Waals surface area contributed by atoms with Gasteiger partial charge in [0.25, 0.3) is 0 Å². The molecule has 1 atom stereocenters. The van der Waals surface area contributed by atoms with Gasteiger partial charge in [0.1, 0.15) is 11.4 Å². The summed E-state index contributed by atoms with van der Waals surface area (Å²) in [5.74, 6) is 1.54. The van der Waals surface area contributed by atoms with Crippen molar-refractivity contribution in [1.29, 1.82) is 0 Å². The van der Waals surface area contributed by atoms with Gasteiger partial charge < -0.3 is 9.30 Å². The molecule has 0 radical (unpaired) electrons. The Labute approximate surface area is 180 Å². The molecule has 1 saturated carbocycles. The lowest BCUT2D eigenvalue weighted by Crippen LogP contribution is -2.44. The molecule has 2 aliphatic rings. The number of fused-ring (bicyclic) bond motifs is 1. The van der Waals surface area contributed by atoms with E-state index in [9.17, 15) is 18.0 Å². The highest BCUT2D eigenvalue weighted by molar-refractivity contribution is 5.69. The van der Waals surface area contributed by atoms with E-state index >= 15 is 0 Å². The number of benzene rings is 1. The van der Waals surface area contributed by atoms with Crippen LogP contribution in [0, 0.1) is 0 Å². The normalized spacial score (nSPS) is 19.3. The van der Waals surface area contributed by atoms with E-state index in [4.69, 9.17) is 4.74 Å². The number of carbonyl (C=O) groups is 1. The highest BCUT2D eigenvalue weighted by Crippen LogP contribution is 2.42. The van der Waals surface area contributed by atoms with Crippen LogP contribution in [0.25, 0.3) is 0 Å². The number of aryl methyl sites for hydroxylation is 1. The number of ether oxygens (including phenoxy) is 1. The highest BCUT2D eigenvalue weighted by Gasteiger charge is 2.38. The molecule has 5 nitrogen and oxygen atoms in total. The van der Waals surface area contributed by atoms with E-state index in [-0.39, 0.29) is 6.04 Å². The molecular weight excluding hydrogens is 407 g/mol. The van der Waals surface area contributed by atoms with Crippen molar-refractivity contribution < 1.29 is 22.7 Å². The van der Waals surface area contributed by atoms with Crippen LogP contribution in [0.4, 0.5) is 18.0 Å². The molecule has 0 spiro atoms. The lowest BCUT2D eigenvalue weighted by atomic mass is 9.99. The summed E-state index contributed by atoms with van der Waals surface area (Å²) in [4.78, 5) is 19.2. The predicted octanol–water partition coefficient (Wildman–Crippen LogP) is 5.70. The fourth-order valence-corrected chi connectivity index (χ4v) is 4.15. The molecule has 1 fully saturated rings. The summed E-state index contributed by atoms with van der Waals surface area (Å²) in [6.45, 7) is 6.61. The molecule has 1 aliphatic carbocycles. The number of rotatable bonds is 4. The molecule has 0 saturated heterocycles. The first-order valence-corrected chi connectivity index (χ1v) is 10.7. The van der Waals surface area contributed by atoms with Gasteiger partial charge in [-0.05, 0) is 58.1 Å². The van der Waals surface area contributed by atoms with Crippen molar-refractivity contribution in [3.8, 4) is 0 Å². The van der Waals surface area contributed by atoms with E-state index in [1.54, 1.807) is 11.0 Å². The fourth-order valence-electron chi connectivity index (χ4n) is 4.15. The van der Waals surface area contributed by atoms with Gasteiger partial charge in [0, 0.05) is 19.0 Å². The maximum atomic E-state index is 13.1. The van der Waals surface area contributed by atoms with Crippen molar-refractivity contribution >= 4 is 6.09 Å². The van der Waals surface area contributed by atoms with E-state index in [2.05, 4.69) is 9.55 Å². The first-order valence-electron chi connectivity index (χ1n) is 10.7. The predicted molar refractivity (Wildman–Crippen MR) is 110 cm³/mol. The Morgan fingerprint density at radius 2 is 1.94 bits per heavy atom. The Morgan fingerprint density at radius 3 is 2.58 bits per heavy atom. The standard InChI is InChI=1S/C23H28F3N3O2/c1-22(2,3)31-21(30)29-12-11-28-19(14-27-20(28)16-8-9-16)18(29)10-7-15-5-4-6-17(13-15)23(24,25)26/h4-6,13-14,16,18H,7-12H2,1-3H3. The molecular formula is C23H28F3N3O2. The van der Waals surface area contributed by atoms with E-state index in [1.165, 1.54) is 12.1 Å². The van der Waals surface area contributed by atoms with Crippen LogP contribution in [0.5, 0.6) is 0 Å². The average Bonchev–Trinajstić information content (AvgIpc) is 3.43. The first kappa shape index (κ1) is 21.7. The van der Waals surface area contributed by atoms with E-state index in [0.29, 0.717) is 37.4 Å². The molecule has 2 aromatic rings. The van der Waals surface area contributed by atoms with Gasteiger partial charge in [-0.3, -0.25) is 4.90 Å². The van der Waals surface area contributed by atoms with Crippen LogP contribution >= 0.6 is 0 Å². The number of alkyl halides is 3. The molecule has 0 N–H and O–H groups in total. The molecule has 168 valence electrons. The second kappa shape index (κ2) is 7.88. The smallest absolute Gasteiger partial charge is 0.416 e. The molecule has 1 aromatic heterocycles. The quantitative estimate of drug-likeness (QED) is 0.619. The Hall–Kier alpha value is -2.51. The Kier molecular flexibility index (Phi) is 5.52. The van der Waals surface area contributed by atoms with Gasteiger partial charge in [-0.15, -0.1) is 0 Å². The van der Waals surface area contributed by atoms with Gasteiger partial charge >= 0.3 is 12.3 Å². The van der Waals surface area contributed by atoms with Gasteiger partial charge in [0.2, 0.25) is 0 Å². The van der Waals surface area contributed by atoms with Crippen molar-refractivity contribution in [1.82, 2.24) is 14.5 Å². The van der Waals surface area contributed by atoms with Crippen LogP contribution in [0.2, 0.25) is 0 Å². The minimum atomic E-state index is -4.37. The van der Waals surface area contributed by atoms with Crippen molar-refractivity contribution in [2.24, 2.45) is 0 Å². The number of amides is 1. The summed E-state index contributed by atoms with van der Waals surface area (Å²) >= 11 is 0. The van der Waals surface area contributed by atoms with Gasteiger partial charge in [0.15, 0.2) is 0 Å². The van der Waals surface area contributed by atoms with Crippen molar-refractivity contribution in [2.45, 2.75) is 76.7 Å². The molecule has 0 bridgehead atoms.